The Labute approximate surface area is 126 Å². The maximum Gasteiger partial charge on any atom is 0.146 e. The molecule has 4 aromatic rings. The van der Waals surface area contributed by atoms with Gasteiger partial charge < -0.3 is 0 Å². The zero-order valence-corrected chi connectivity index (χ0v) is 12.7. The summed E-state index contributed by atoms with van der Waals surface area (Å²) in [6.45, 7) is 4.59. The number of fused-ring (bicyclic) bond motifs is 3. The molecule has 0 N–H and O–H groups in total. The first-order valence-corrected chi connectivity index (χ1v) is 7.99. The van der Waals surface area contributed by atoms with Gasteiger partial charge in [-0.3, -0.25) is 4.40 Å². The van der Waals surface area contributed by atoms with Crippen molar-refractivity contribution in [2.45, 2.75) is 23.6 Å². The van der Waals surface area contributed by atoms with Crippen molar-refractivity contribution < 1.29 is 0 Å². The molecule has 2 aromatic heterocycles. The fourth-order valence-corrected chi connectivity index (χ4v) is 4.70. The molecular weight excluding hydrogens is 276 g/mol. The molecule has 0 fully saturated rings. The number of benzene rings is 2. The Bertz CT molecular complexity index is 1040. The highest BCUT2D eigenvalue weighted by atomic mass is 32.2. The van der Waals surface area contributed by atoms with Crippen LogP contribution in [0.3, 0.4) is 0 Å². The molecule has 102 valence electrons. The van der Waals surface area contributed by atoms with E-state index in [1.165, 1.54) is 32.3 Å². The number of pyridine rings is 1. The van der Waals surface area contributed by atoms with E-state index < -0.39 is 0 Å². The molecule has 21 heavy (non-hydrogen) atoms. The Morgan fingerprint density at radius 3 is 2.57 bits per heavy atom. The topological polar surface area (TPSA) is 17.3 Å². The SMILES string of the molecule is CC1(C)Sc2cnc3c4ccccc4c4cccc1c4n23. The van der Waals surface area contributed by atoms with Gasteiger partial charge in [0.2, 0.25) is 0 Å². The Morgan fingerprint density at radius 2 is 1.71 bits per heavy atom. The van der Waals surface area contributed by atoms with Crippen molar-refractivity contribution in [2.75, 3.05) is 0 Å². The molecule has 0 bridgehead atoms. The van der Waals surface area contributed by atoms with Gasteiger partial charge in [-0.15, -0.1) is 0 Å². The highest BCUT2D eigenvalue weighted by molar-refractivity contribution is 8.00. The predicted molar refractivity (Wildman–Crippen MR) is 89.1 cm³/mol. The van der Waals surface area contributed by atoms with Crippen LogP contribution in [0.15, 0.2) is 53.7 Å². The second kappa shape index (κ2) is 3.60. The normalized spacial score (nSPS) is 16.3. The molecule has 0 atom stereocenters. The Morgan fingerprint density at radius 1 is 0.952 bits per heavy atom. The summed E-state index contributed by atoms with van der Waals surface area (Å²) in [4.78, 5) is 4.71. The average molecular weight is 290 g/mol. The molecule has 0 saturated carbocycles. The number of rotatable bonds is 0. The van der Waals surface area contributed by atoms with E-state index in [1.54, 1.807) is 0 Å². The molecule has 0 spiro atoms. The molecule has 0 aliphatic carbocycles. The highest BCUT2D eigenvalue weighted by Crippen LogP contribution is 2.49. The van der Waals surface area contributed by atoms with Gasteiger partial charge in [0.1, 0.15) is 10.7 Å². The number of aromatic nitrogens is 2. The van der Waals surface area contributed by atoms with Crippen LogP contribution in [0.1, 0.15) is 19.4 Å². The second-order valence-corrected chi connectivity index (χ2v) is 7.76. The predicted octanol–water partition coefficient (Wildman–Crippen LogP) is 4.98. The lowest BCUT2D eigenvalue weighted by Crippen LogP contribution is -2.18. The van der Waals surface area contributed by atoms with Crippen molar-refractivity contribution in [3.8, 4) is 0 Å². The summed E-state index contributed by atoms with van der Waals surface area (Å²) < 4.78 is 2.41. The monoisotopic (exact) mass is 290 g/mol. The van der Waals surface area contributed by atoms with E-state index in [4.69, 9.17) is 4.98 Å². The van der Waals surface area contributed by atoms with Crippen LogP contribution < -0.4 is 0 Å². The van der Waals surface area contributed by atoms with Crippen LogP contribution in [0.2, 0.25) is 0 Å². The molecule has 5 rings (SSSR count). The van der Waals surface area contributed by atoms with Crippen LogP contribution >= 0.6 is 11.8 Å². The Hall–Kier alpha value is -2.00. The van der Waals surface area contributed by atoms with Crippen LogP contribution in [-0.2, 0) is 4.75 Å². The highest BCUT2D eigenvalue weighted by Gasteiger charge is 2.32. The van der Waals surface area contributed by atoms with Crippen molar-refractivity contribution in [1.29, 1.82) is 0 Å². The third-order valence-electron chi connectivity index (χ3n) is 4.46. The summed E-state index contributed by atoms with van der Waals surface area (Å²) in [6.07, 6.45) is 2.02. The zero-order chi connectivity index (χ0) is 14.2. The van der Waals surface area contributed by atoms with E-state index in [0.29, 0.717) is 0 Å². The van der Waals surface area contributed by atoms with Crippen molar-refractivity contribution in [3.63, 3.8) is 0 Å². The lowest BCUT2D eigenvalue weighted by molar-refractivity contribution is 0.769. The molecule has 1 aliphatic heterocycles. The Kier molecular flexibility index (Phi) is 2.00. The molecule has 0 saturated heterocycles. The number of thioether (sulfide) groups is 1. The number of nitrogens with zero attached hydrogens (tertiary/aromatic N) is 2. The molecule has 0 amide bonds. The lowest BCUT2D eigenvalue weighted by Gasteiger charge is -2.30. The fraction of sp³-hybridized carbons (Fsp3) is 0.167. The zero-order valence-electron chi connectivity index (χ0n) is 11.9. The first-order chi connectivity index (χ1) is 10.2. The minimum Gasteiger partial charge on any atom is -0.286 e. The largest absolute Gasteiger partial charge is 0.286 e. The van der Waals surface area contributed by atoms with Gasteiger partial charge in [-0.25, -0.2) is 4.98 Å². The Balaban J connectivity index is 2.22. The fourth-order valence-electron chi connectivity index (χ4n) is 3.53. The summed E-state index contributed by atoms with van der Waals surface area (Å²) in [6, 6.07) is 15.3. The molecule has 1 aliphatic rings. The second-order valence-electron chi connectivity index (χ2n) is 6.12. The van der Waals surface area contributed by atoms with Gasteiger partial charge in [-0.1, -0.05) is 54.2 Å². The van der Waals surface area contributed by atoms with E-state index in [2.05, 4.69) is 60.7 Å². The minimum atomic E-state index is 0.0743. The number of imidazole rings is 1. The maximum absolute atomic E-state index is 4.71. The summed E-state index contributed by atoms with van der Waals surface area (Å²) in [5.41, 5.74) is 3.79. The maximum atomic E-state index is 4.71. The molecule has 2 nitrogen and oxygen atoms in total. The van der Waals surface area contributed by atoms with Gasteiger partial charge in [0.25, 0.3) is 0 Å². The van der Waals surface area contributed by atoms with E-state index in [0.717, 1.165) is 5.65 Å². The molecule has 3 heterocycles. The van der Waals surface area contributed by atoms with Crippen LogP contribution in [0.25, 0.3) is 27.3 Å². The summed E-state index contributed by atoms with van der Waals surface area (Å²) in [5, 5.41) is 5.09. The van der Waals surface area contributed by atoms with E-state index in [1.807, 2.05) is 18.0 Å². The quantitative estimate of drug-likeness (QED) is 0.425. The van der Waals surface area contributed by atoms with E-state index in [9.17, 15) is 0 Å². The third kappa shape index (κ3) is 1.32. The van der Waals surface area contributed by atoms with Gasteiger partial charge in [-0.2, -0.15) is 0 Å². The minimum absolute atomic E-state index is 0.0743. The van der Waals surface area contributed by atoms with Gasteiger partial charge in [-0.05, 0) is 24.8 Å². The van der Waals surface area contributed by atoms with Crippen molar-refractivity contribution in [3.05, 3.63) is 54.2 Å². The third-order valence-corrected chi connectivity index (χ3v) is 5.68. The smallest absolute Gasteiger partial charge is 0.146 e. The van der Waals surface area contributed by atoms with E-state index in [-0.39, 0.29) is 4.75 Å². The van der Waals surface area contributed by atoms with Crippen molar-refractivity contribution >= 4 is 39.1 Å². The standard InChI is InChI=1S/C18H14N2S/c1-18(2)14-9-5-8-12-11-6-3-4-7-13(11)17-19-10-15(21-18)20(17)16(12)14/h3-10H,1-2H3. The number of hydrogen-bond donors (Lipinski definition) is 0. The summed E-state index contributed by atoms with van der Waals surface area (Å²) >= 11 is 1.90. The van der Waals surface area contributed by atoms with Gasteiger partial charge in [0.15, 0.2) is 0 Å². The summed E-state index contributed by atoms with van der Waals surface area (Å²) in [7, 11) is 0. The number of hydrogen-bond acceptors (Lipinski definition) is 2. The molecule has 0 unspecified atom stereocenters. The van der Waals surface area contributed by atoms with Crippen LogP contribution in [0, 0.1) is 0 Å². The first-order valence-electron chi connectivity index (χ1n) is 7.17. The van der Waals surface area contributed by atoms with Crippen molar-refractivity contribution in [2.24, 2.45) is 0 Å². The van der Waals surface area contributed by atoms with Crippen LogP contribution in [0.5, 0.6) is 0 Å². The number of para-hydroxylation sites is 1. The van der Waals surface area contributed by atoms with Gasteiger partial charge >= 0.3 is 0 Å². The van der Waals surface area contributed by atoms with Crippen LogP contribution in [0.4, 0.5) is 0 Å². The average Bonchev–Trinajstić information content (AvgIpc) is 2.90. The molecular formula is C18H14N2S. The van der Waals surface area contributed by atoms with Gasteiger partial charge in [0, 0.05) is 15.5 Å². The molecule has 0 radical (unpaired) electrons. The molecule has 3 heteroatoms. The summed E-state index contributed by atoms with van der Waals surface area (Å²) in [5.74, 6) is 0. The van der Waals surface area contributed by atoms with E-state index >= 15 is 0 Å². The molecule has 2 aromatic carbocycles. The van der Waals surface area contributed by atoms with Crippen molar-refractivity contribution in [1.82, 2.24) is 9.38 Å². The van der Waals surface area contributed by atoms with Crippen LogP contribution in [-0.4, -0.2) is 9.38 Å². The van der Waals surface area contributed by atoms with Gasteiger partial charge in [0.05, 0.1) is 11.7 Å². The lowest BCUT2D eigenvalue weighted by atomic mass is 9.96. The first kappa shape index (κ1) is 11.6.